The molecule has 0 saturated carbocycles. The molecule has 0 aliphatic rings. The predicted octanol–water partition coefficient (Wildman–Crippen LogP) is 2.95. The van der Waals surface area contributed by atoms with Gasteiger partial charge in [0.2, 0.25) is 5.16 Å². The predicted molar refractivity (Wildman–Crippen MR) is 92.2 cm³/mol. The summed E-state index contributed by atoms with van der Waals surface area (Å²) in [6.07, 6.45) is 2.73. The fourth-order valence-electron chi connectivity index (χ4n) is 1.99. The first-order valence-electron chi connectivity index (χ1n) is 7.13. The third kappa shape index (κ3) is 5.09. The van der Waals surface area contributed by atoms with Crippen molar-refractivity contribution in [3.05, 3.63) is 54.5 Å². The summed E-state index contributed by atoms with van der Waals surface area (Å²) < 4.78 is 7.03. The van der Waals surface area contributed by atoms with Gasteiger partial charge in [0.15, 0.2) is 0 Å². The van der Waals surface area contributed by atoms with E-state index in [4.69, 9.17) is 4.42 Å². The lowest BCUT2D eigenvalue weighted by Gasteiger charge is -2.04. The SMILES string of the molecule is Cl.c1ccc(-n2nnnc2SCCCNCc2ccco2)cc1. The van der Waals surface area contributed by atoms with Gasteiger partial charge in [-0.15, -0.1) is 17.5 Å². The van der Waals surface area contributed by atoms with E-state index in [2.05, 4.69) is 20.8 Å². The van der Waals surface area contributed by atoms with Crippen LogP contribution in [0.25, 0.3) is 5.69 Å². The van der Waals surface area contributed by atoms with Crippen LogP contribution < -0.4 is 5.32 Å². The fraction of sp³-hybridized carbons (Fsp3) is 0.267. The minimum Gasteiger partial charge on any atom is -0.468 e. The number of nitrogens with zero attached hydrogens (tertiary/aromatic N) is 4. The maximum Gasteiger partial charge on any atom is 0.214 e. The molecule has 0 aliphatic heterocycles. The van der Waals surface area contributed by atoms with E-state index in [0.29, 0.717) is 0 Å². The molecule has 0 saturated heterocycles. The Morgan fingerprint density at radius 2 is 2.00 bits per heavy atom. The van der Waals surface area contributed by atoms with Crippen molar-refractivity contribution >= 4 is 24.2 Å². The van der Waals surface area contributed by atoms with Crippen LogP contribution in [0.4, 0.5) is 0 Å². The van der Waals surface area contributed by atoms with Crippen LogP contribution in [0.3, 0.4) is 0 Å². The molecule has 0 atom stereocenters. The Bertz CT molecular complexity index is 674. The van der Waals surface area contributed by atoms with Crippen molar-refractivity contribution in [1.82, 2.24) is 25.5 Å². The molecule has 3 aromatic rings. The number of tetrazole rings is 1. The van der Waals surface area contributed by atoms with Gasteiger partial charge < -0.3 is 9.73 Å². The average Bonchev–Trinajstić information content (AvgIpc) is 3.23. The molecule has 0 amide bonds. The topological polar surface area (TPSA) is 68.8 Å². The number of rotatable bonds is 8. The number of halogens is 1. The number of nitrogens with one attached hydrogen (secondary N) is 1. The van der Waals surface area contributed by atoms with Crippen molar-refractivity contribution < 1.29 is 4.42 Å². The third-order valence-electron chi connectivity index (χ3n) is 3.05. The molecule has 23 heavy (non-hydrogen) atoms. The normalized spacial score (nSPS) is 10.4. The number of para-hydroxylation sites is 1. The van der Waals surface area contributed by atoms with E-state index < -0.39 is 0 Å². The Hall–Kier alpha value is -1.83. The monoisotopic (exact) mass is 351 g/mol. The molecule has 3 rings (SSSR count). The highest BCUT2D eigenvalue weighted by atomic mass is 35.5. The van der Waals surface area contributed by atoms with E-state index in [1.807, 2.05) is 42.5 Å². The molecule has 0 aliphatic carbocycles. The summed E-state index contributed by atoms with van der Waals surface area (Å²) in [4.78, 5) is 0. The van der Waals surface area contributed by atoms with Crippen molar-refractivity contribution in [2.24, 2.45) is 0 Å². The van der Waals surface area contributed by atoms with Crippen LogP contribution in [-0.2, 0) is 6.54 Å². The van der Waals surface area contributed by atoms with E-state index in [0.717, 1.165) is 41.9 Å². The second-order valence-electron chi connectivity index (χ2n) is 4.67. The Morgan fingerprint density at radius 3 is 2.78 bits per heavy atom. The molecule has 1 aromatic carbocycles. The van der Waals surface area contributed by atoms with E-state index in [1.54, 1.807) is 22.7 Å². The van der Waals surface area contributed by atoms with Gasteiger partial charge in [-0.1, -0.05) is 30.0 Å². The van der Waals surface area contributed by atoms with Crippen molar-refractivity contribution in [3.63, 3.8) is 0 Å². The summed E-state index contributed by atoms with van der Waals surface area (Å²) in [5, 5.41) is 16.0. The molecule has 0 spiro atoms. The highest BCUT2D eigenvalue weighted by molar-refractivity contribution is 7.99. The number of benzene rings is 1. The van der Waals surface area contributed by atoms with Crippen molar-refractivity contribution in [2.75, 3.05) is 12.3 Å². The second kappa shape index (κ2) is 9.34. The molecular weight excluding hydrogens is 334 g/mol. The lowest BCUT2D eigenvalue weighted by Crippen LogP contribution is -2.14. The first-order valence-corrected chi connectivity index (χ1v) is 8.12. The molecule has 0 unspecified atom stereocenters. The lowest BCUT2D eigenvalue weighted by molar-refractivity contribution is 0.483. The minimum absolute atomic E-state index is 0. The van der Waals surface area contributed by atoms with Gasteiger partial charge in [0.25, 0.3) is 0 Å². The Kier molecular flexibility index (Phi) is 7.12. The van der Waals surface area contributed by atoms with Gasteiger partial charge in [-0.3, -0.25) is 0 Å². The van der Waals surface area contributed by atoms with Gasteiger partial charge in [-0.25, -0.2) is 0 Å². The molecular formula is C15H18ClN5OS. The van der Waals surface area contributed by atoms with Crippen LogP contribution in [0.1, 0.15) is 12.2 Å². The number of thioether (sulfide) groups is 1. The Morgan fingerprint density at radius 1 is 1.13 bits per heavy atom. The maximum atomic E-state index is 5.27. The van der Waals surface area contributed by atoms with Crippen LogP contribution in [-0.4, -0.2) is 32.5 Å². The van der Waals surface area contributed by atoms with E-state index in [1.165, 1.54) is 0 Å². The molecule has 1 N–H and O–H groups in total. The number of hydrogen-bond donors (Lipinski definition) is 1. The lowest BCUT2D eigenvalue weighted by atomic mass is 10.3. The van der Waals surface area contributed by atoms with Gasteiger partial charge in [-0.2, -0.15) is 4.68 Å². The zero-order valence-electron chi connectivity index (χ0n) is 12.5. The van der Waals surface area contributed by atoms with Crippen molar-refractivity contribution in [1.29, 1.82) is 0 Å². The van der Waals surface area contributed by atoms with Gasteiger partial charge in [0.05, 0.1) is 18.5 Å². The summed E-state index contributed by atoms with van der Waals surface area (Å²) in [7, 11) is 0. The van der Waals surface area contributed by atoms with Gasteiger partial charge in [0, 0.05) is 5.75 Å². The van der Waals surface area contributed by atoms with Crippen molar-refractivity contribution in [3.8, 4) is 5.69 Å². The van der Waals surface area contributed by atoms with Gasteiger partial charge in [-0.05, 0) is 47.7 Å². The van der Waals surface area contributed by atoms with Gasteiger partial charge in [0.1, 0.15) is 5.76 Å². The third-order valence-corrected chi connectivity index (χ3v) is 4.06. The van der Waals surface area contributed by atoms with Crippen LogP contribution in [0.5, 0.6) is 0 Å². The number of hydrogen-bond acceptors (Lipinski definition) is 6. The quantitative estimate of drug-likeness (QED) is 0.497. The highest BCUT2D eigenvalue weighted by Gasteiger charge is 2.07. The summed E-state index contributed by atoms with van der Waals surface area (Å²) in [5.41, 5.74) is 0.978. The molecule has 0 bridgehead atoms. The van der Waals surface area contributed by atoms with E-state index in [-0.39, 0.29) is 12.4 Å². The van der Waals surface area contributed by atoms with E-state index in [9.17, 15) is 0 Å². The zero-order chi connectivity index (χ0) is 15.0. The first-order chi connectivity index (χ1) is 10.9. The van der Waals surface area contributed by atoms with E-state index >= 15 is 0 Å². The smallest absolute Gasteiger partial charge is 0.214 e. The van der Waals surface area contributed by atoms with Crippen LogP contribution >= 0.6 is 24.2 Å². The molecule has 2 aromatic heterocycles. The number of aromatic nitrogens is 4. The highest BCUT2D eigenvalue weighted by Crippen LogP contribution is 2.18. The molecule has 0 fully saturated rings. The molecule has 0 radical (unpaired) electrons. The second-order valence-corrected chi connectivity index (χ2v) is 5.73. The largest absolute Gasteiger partial charge is 0.468 e. The van der Waals surface area contributed by atoms with Gasteiger partial charge >= 0.3 is 0 Å². The average molecular weight is 352 g/mol. The standard InChI is InChI=1S/C15H17N5OS.ClH/c1-2-6-13(7-3-1)20-15(17-18-19-20)22-11-5-9-16-12-14-8-4-10-21-14;/h1-4,6-8,10,16H,5,9,11-12H2;1H. The molecule has 2 heterocycles. The van der Waals surface area contributed by atoms with Crippen LogP contribution in [0.2, 0.25) is 0 Å². The Labute approximate surface area is 145 Å². The summed E-state index contributed by atoms with van der Waals surface area (Å²) >= 11 is 1.66. The molecule has 8 heteroatoms. The van der Waals surface area contributed by atoms with Crippen LogP contribution in [0, 0.1) is 0 Å². The summed E-state index contributed by atoms with van der Waals surface area (Å²) in [6, 6.07) is 13.8. The van der Waals surface area contributed by atoms with Crippen LogP contribution in [0.15, 0.2) is 58.3 Å². The number of furan rings is 1. The molecule has 6 nitrogen and oxygen atoms in total. The first kappa shape index (κ1) is 17.5. The Balaban J connectivity index is 0.00000192. The zero-order valence-corrected chi connectivity index (χ0v) is 14.1. The minimum atomic E-state index is 0. The van der Waals surface area contributed by atoms with Crippen molar-refractivity contribution in [2.45, 2.75) is 18.1 Å². The summed E-state index contributed by atoms with van der Waals surface area (Å²) in [6.45, 7) is 1.69. The summed E-state index contributed by atoms with van der Waals surface area (Å²) in [5.74, 6) is 1.92. The fourth-order valence-corrected chi connectivity index (χ4v) is 2.82. The maximum absolute atomic E-state index is 5.27. The molecule has 122 valence electrons.